The van der Waals surface area contributed by atoms with Crippen LogP contribution in [0.25, 0.3) is 0 Å². The molecule has 2 aromatic heterocycles. The van der Waals surface area contributed by atoms with Crippen LogP contribution in [0.4, 0.5) is 0 Å². The Morgan fingerprint density at radius 1 is 1.38 bits per heavy atom. The second-order valence-electron chi connectivity index (χ2n) is 4.99. The maximum atomic E-state index is 11.9. The van der Waals surface area contributed by atoms with Crippen LogP contribution in [-0.2, 0) is 11.2 Å². The van der Waals surface area contributed by atoms with Gasteiger partial charge in [0.1, 0.15) is 5.82 Å². The van der Waals surface area contributed by atoms with E-state index >= 15 is 0 Å². The van der Waals surface area contributed by atoms with Crippen LogP contribution in [0.15, 0.2) is 11.6 Å². The van der Waals surface area contributed by atoms with Gasteiger partial charge in [-0.3, -0.25) is 0 Å². The average Bonchev–Trinajstić information content (AvgIpc) is 2.84. The summed E-state index contributed by atoms with van der Waals surface area (Å²) >= 11 is 1.61. The zero-order valence-corrected chi connectivity index (χ0v) is 13.5. The van der Waals surface area contributed by atoms with Crippen LogP contribution in [0.3, 0.4) is 0 Å². The molecule has 0 aromatic carbocycles. The van der Waals surface area contributed by atoms with Crippen LogP contribution >= 0.6 is 11.3 Å². The second-order valence-corrected chi connectivity index (χ2v) is 6.06. The van der Waals surface area contributed by atoms with E-state index in [4.69, 9.17) is 4.74 Å². The van der Waals surface area contributed by atoms with Gasteiger partial charge in [-0.05, 0) is 19.8 Å². The van der Waals surface area contributed by atoms with Gasteiger partial charge in [-0.15, -0.1) is 11.3 Å². The van der Waals surface area contributed by atoms with Gasteiger partial charge in [-0.25, -0.2) is 19.7 Å². The lowest BCUT2D eigenvalue weighted by atomic mass is 10.0. The summed E-state index contributed by atoms with van der Waals surface area (Å²) < 4.78 is 5.05. The molecular formula is C15H19N3O2S. The predicted molar refractivity (Wildman–Crippen MR) is 81.7 cm³/mol. The minimum Gasteiger partial charge on any atom is -0.462 e. The van der Waals surface area contributed by atoms with Crippen LogP contribution in [0, 0.1) is 6.92 Å². The van der Waals surface area contributed by atoms with Crippen LogP contribution in [0.2, 0.25) is 0 Å². The van der Waals surface area contributed by atoms with Gasteiger partial charge in [0, 0.05) is 11.6 Å². The molecule has 0 N–H and O–H groups in total. The molecule has 6 heteroatoms. The van der Waals surface area contributed by atoms with E-state index in [2.05, 4.69) is 15.0 Å². The van der Waals surface area contributed by atoms with Gasteiger partial charge in [0.25, 0.3) is 0 Å². The van der Waals surface area contributed by atoms with Crippen molar-refractivity contribution in [2.75, 3.05) is 6.61 Å². The molecule has 0 amide bonds. The average molecular weight is 305 g/mol. The Balaban J connectivity index is 2.29. The van der Waals surface area contributed by atoms with Crippen LogP contribution in [-0.4, -0.2) is 27.5 Å². The third-order valence-corrected chi connectivity index (χ3v) is 3.74. The van der Waals surface area contributed by atoms with E-state index in [1.165, 1.54) is 0 Å². The van der Waals surface area contributed by atoms with Crippen molar-refractivity contribution < 1.29 is 9.53 Å². The fourth-order valence-corrected chi connectivity index (χ4v) is 2.59. The van der Waals surface area contributed by atoms with E-state index in [9.17, 15) is 4.79 Å². The lowest BCUT2D eigenvalue weighted by Crippen LogP contribution is -2.13. The van der Waals surface area contributed by atoms with Crippen molar-refractivity contribution in [1.29, 1.82) is 0 Å². The Labute approximate surface area is 128 Å². The minimum atomic E-state index is -0.364. The molecule has 2 rings (SSSR count). The monoisotopic (exact) mass is 305 g/mol. The number of carbonyl (C=O) groups is 1. The first-order chi connectivity index (χ1) is 10.0. The number of thiazole rings is 1. The number of aryl methyl sites for hydroxylation is 1. The summed E-state index contributed by atoms with van der Waals surface area (Å²) in [6, 6.07) is 0. The van der Waals surface area contributed by atoms with Gasteiger partial charge in [0.05, 0.1) is 35.0 Å². The standard InChI is InChI=1S/C15H19N3O2S/c1-5-20-15(19)12-7-16-13(18-14(12)9(2)3)6-11-8-21-10(4)17-11/h7-9H,5-6H2,1-4H3. The molecule has 0 atom stereocenters. The first kappa shape index (κ1) is 15.6. The molecule has 0 aliphatic heterocycles. The molecule has 0 saturated carbocycles. The molecule has 2 aromatic rings. The first-order valence-corrected chi connectivity index (χ1v) is 7.83. The highest BCUT2D eigenvalue weighted by molar-refractivity contribution is 7.09. The summed E-state index contributed by atoms with van der Waals surface area (Å²) in [7, 11) is 0. The van der Waals surface area contributed by atoms with Crippen molar-refractivity contribution in [2.24, 2.45) is 0 Å². The molecular weight excluding hydrogens is 286 g/mol. The first-order valence-electron chi connectivity index (χ1n) is 6.95. The predicted octanol–water partition coefficient (Wildman–Crippen LogP) is 3.13. The molecule has 21 heavy (non-hydrogen) atoms. The van der Waals surface area contributed by atoms with E-state index in [0.29, 0.717) is 24.4 Å². The van der Waals surface area contributed by atoms with Crippen LogP contribution in [0.1, 0.15) is 59.3 Å². The van der Waals surface area contributed by atoms with Crippen molar-refractivity contribution in [2.45, 2.75) is 40.0 Å². The normalized spacial score (nSPS) is 10.9. The Morgan fingerprint density at radius 3 is 2.71 bits per heavy atom. The van der Waals surface area contributed by atoms with Gasteiger partial charge >= 0.3 is 5.97 Å². The fourth-order valence-electron chi connectivity index (χ4n) is 1.98. The minimum absolute atomic E-state index is 0.128. The molecule has 0 unspecified atom stereocenters. The van der Waals surface area contributed by atoms with Crippen molar-refractivity contribution >= 4 is 17.3 Å². The van der Waals surface area contributed by atoms with Gasteiger partial charge in [0.15, 0.2) is 0 Å². The molecule has 0 spiro atoms. The molecule has 0 aliphatic carbocycles. The third-order valence-electron chi connectivity index (χ3n) is 2.92. The number of carbonyl (C=O) groups excluding carboxylic acids is 1. The summed E-state index contributed by atoms with van der Waals surface area (Å²) in [4.78, 5) is 25.2. The van der Waals surface area contributed by atoms with Gasteiger partial charge < -0.3 is 4.74 Å². The zero-order chi connectivity index (χ0) is 15.4. The molecule has 0 aliphatic rings. The lowest BCUT2D eigenvalue weighted by Gasteiger charge is -2.11. The SMILES string of the molecule is CCOC(=O)c1cnc(Cc2csc(C)n2)nc1C(C)C. The van der Waals surface area contributed by atoms with Gasteiger partial charge in [-0.2, -0.15) is 0 Å². The quantitative estimate of drug-likeness (QED) is 0.794. The largest absolute Gasteiger partial charge is 0.462 e. The number of esters is 1. The van der Waals surface area contributed by atoms with Crippen molar-refractivity contribution in [3.63, 3.8) is 0 Å². The van der Waals surface area contributed by atoms with Crippen LogP contribution < -0.4 is 0 Å². The molecule has 112 valence electrons. The topological polar surface area (TPSA) is 65.0 Å². The highest BCUT2D eigenvalue weighted by atomic mass is 32.1. The number of rotatable bonds is 5. The van der Waals surface area contributed by atoms with E-state index in [0.717, 1.165) is 16.4 Å². The zero-order valence-electron chi connectivity index (χ0n) is 12.7. The maximum absolute atomic E-state index is 11.9. The molecule has 0 bridgehead atoms. The smallest absolute Gasteiger partial charge is 0.341 e. The Hall–Kier alpha value is -1.82. The molecule has 0 radical (unpaired) electrons. The summed E-state index contributed by atoms with van der Waals surface area (Å²) in [5.41, 5.74) is 2.13. The lowest BCUT2D eigenvalue weighted by molar-refractivity contribution is 0.0523. The Kier molecular flexibility index (Phi) is 5.01. The Morgan fingerprint density at radius 2 is 2.14 bits per heavy atom. The summed E-state index contributed by atoms with van der Waals surface area (Å²) in [5, 5.41) is 3.03. The van der Waals surface area contributed by atoms with Gasteiger partial charge in [-0.1, -0.05) is 13.8 Å². The summed E-state index contributed by atoms with van der Waals surface area (Å²) in [5.74, 6) is 0.442. The van der Waals surface area contributed by atoms with E-state index in [1.54, 1.807) is 24.5 Å². The number of ether oxygens (including phenoxy) is 1. The highest BCUT2D eigenvalue weighted by Gasteiger charge is 2.18. The maximum Gasteiger partial charge on any atom is 0.341 e. The molecule has 2 heterocycles. The van der Waals surface area contributed by atoms with Crippen molar-refractivity contribution in [3.8, 4) is 0 Å². The van der Waals surface area contributed by atoms with E-state index in [-0.39, 0.29) is 11.9 Å². The van der Waals surface area contributed by atoms with E-state index < -0.39 is 0 Å². The number of hydrogen-bond acceptors (Lipinski definition) is 6. The summed E-state index contributed by atoms with van der Waals surface area (Å²) in [6.07, 6.45) is 2.14. The van der Waals surface area contributed by atoms with Gasteiger partial charge in [0.2, 0.25) is 0 Å². The van der Waals surface area contributed by atoms with E-state index in [1.807, 2.05) is 26.2 Å². The number of aromatic nitrogens is 3. The van der Waals surface area contributed by atoms with Crippen LogP contribution in [0.5, 0.6) is 0 Å². The third kappa shape index (κ3) is 3.85. The molecule has 0 fully saturated rings. The number of hydrogen-bond donors (Lipinski definition) is 0. The Bertz CT molecular complexity index is 638. The highest BCUT2D eigenvalue weighted by Crippen LogP contribution is 2.19. The molecule has 5 nitrogen and oxygen atoms in total. The second kappa shape index (κ2) is 6.76. The number of nitrogens with zero attached hydrogens (tertiary/aromatic N) is 3. The van der Waals surface area contributed by atoms with Crippen molar-refractivity contribution in [3.05, 3.63) is 39.4 Å². The fraction of sp³-hybridized carbons (Fsp3) is 0.467. The molecule has 0 saturated heterocycles. The van der Waals surface area contributed by atoms with Crippen molar-refractivity contribution in [1.82, 2.24) is 15.0 Å². The summed E-state index contributed by atoms with van der Waals surface area (Å²) in [6.45, 7) is 8.10.